The summed E-state index contributed by atoms with van der Waals surface area (Å²) in [6.07, 6.45) is 3.77. The van der Waals surface area contributed by atoms with E-state index in [2.05, 4.69) is 60.4 Å². The van der Waals surface area contributed by atoms with Crippen LogP contribution >= 0.6 is 0 Å². The Hall–Kier alpha value is -2.50. The highest BCUT2D eigenvalue weighted by atomic mass is 16.5. The van der Waals surface area contributed by atoms with Crippen LogP contribution in [0.5, 0.6) is 5.75 Å². The number of oxazole rings is 1. The lowest BCUT2D eigenvalue weighted by atomic mass is 9.94. The van der Waals surface area contributed by atoms with Crippen LogP contribution in [0.2, 0.25) is 0 Å². The van der Waals surface area contributed by atoms with E-state index >= 15 is 0 Å². The molecule has 0 aliphatic rings. The molecule has 0 aliphatic heterocycles. The number of hydrogen-bond donors (Lipinski definition) is 2. The smallest absolute Gasteiger partial charge is 0.213 e. The topological polar surface area (TPSA) is 71.7 Å². The van der Waals surface area contributed by atoms with Crippen molar-refractivity contribution in [2.45, 2.75) is 52.5 Å². The number of benzene rings is 1. The van der Waals surface area contributed by atoms with E-state index in [0.717, 1.165) is 36.9 Å². The highest BCUT2D eigenvalue weighted by Gasteiger charge is 2.19. The lowest BCUT2D eigenvalue weighted by Crippen LogP contribution is -2.37. The van der Waals surface area contributed by atoms with Gasteiger partial charge in [0.15, 0.2) is 5.96 Å². The van der Waals surface area contributed by atoms with E-state index in [1.165, 1.54) is 5.56 Å². The second kappa shape index (κ2) is 10.00. The Labute approximate surface area is 162 Å². The minimum absolute atomic E-state index is 0.0359. The molecule has 0 radical (unpaired) electrons. The first kappa shape index (κ1) is 20.8. The van der Waals surface area contributed by atoms with Crippen molar-refractivity contribution in [1.29, 1.82) is 0 Å². The molecule has 1 aromatic carbocycles. The number of aryl methyl sites for hydroxylation is 1. The number of ether oxygens (including phenoxy) is 1. The van der Waals surface area contributed by atoms with Crippen LogP contribution < -0.4 is 15.4 Å². The summed E-state index contributed by atoms with van der Waals surface area (Å²) in [6.45, 7) is 10.4. The van der Waals surface area contributed by atoms with Crippen molar-refractivity contribution in [3.05, 3.63) is 47.7 Å². The monoisotopic (exact) mass is 372 g/mol. The van der Waals surface area contributed by atoms with Gasteiger partial charge in [0.25, 0.3) is 0 Å². The highest BCUT2D eigenvalue weighted by molar-refractivity contribution is 5.79. The Kier molecular flexibility index (Phi) is 7.70. The summed E-state index contributed by atoms with van der Waals surface area (Å²) >= 11 is 0. The molecule has 2 aromatic rings. The van der Waals surface area contributed by atoms with Crippen molar-refractivity contribution in [3.63, 3.8) is 0 Å². The Morgan fingerprint density at radius 2 is 1.89 bits per heavy atom. The highest BCUT2D eigenvalue weighted by Crippen LogP contribution is 2.22. The summed E-state index contributed by atoms with van der Waals surface area (Å²) in [4.78, 5) is 8.54. The molecule has 1 heterocycles. The van der Waals surface area contributed by atoms with Gasteiger partial charge in [-0.05, 0) is 31.9 Å². The van der Waals surface area contributed by atoms with Gasteiger partial charge in [0.2, 0.25) is 5.89 Å². The van der Waals surface area contributed by atoms with Gasteiger partial charge in [0, 0.05) is 19.0 Å². The zero-order valence-corrected chi connectivity index (χ0v) is 17.1. The molecule has 0 bridgehead atoms. The minimum atomic E-state index is -0.0359. The van der Waals surface area contributed by atoms with E-state index in [1.807, 2.05) is 12.1 Å². The Bertz CT molecular complexity index is 715. The predicted octanol–water partition coefficient (Wildman–Crippen LogP) is 3.80. The SMILES string of the molecule is CN=C(NCCCCOc1ccc(C)cc1)NCc1ncc(C(C)(C)C)o1. The van der Waals surface area contributed by atoms with Gasteiger partial charge < -0.3 is 19.8 Å². The van der Waals surface area contributed by atoms with Crippen LogP contribution in [0.25, 0.3) is 0 Å². The van der Waals surface area contributed by atoms with E-state index in [-0.39, 0.29) is 5.41 Å². The normalized spacial score (nSPS) is 12.1. The molecule has 0 saturated heterocycles. The standard InChI is InChI=1S/C21H32N4O2/c1-16-8-10-17(11-9-16)26-13-7-6-12-23-20(22-5)25-15-19-24-14-18(27-19)21(2,3)4/h8-11,14H,6-7,12-13,15H2,1-5H3,(H2,22,23,25). The lowest BCUT2D eigenvalue weighted by molar-refractivity contribution is 0.307. The number of nitrogens with one attached hydrogen (secondary N) is 2. The first-order chi connectivity index (χ1) is 12.9. The van der Waals surface area contributed by atoms with Crippen LogP contribution in [0.1, 0.15) is 50.8 Å². The van der Waals surface area contributed by atoms with Gasteiger partial charge in [-0.2, -0.15) is 0 Å². The molecule has 0 spiro atoms. The zero-order valence-electron chi connectivity index (χ0n) is 17.1. The van der Waals surface area contributed by atoms with Gasteiger partial charge in [-0.3, -0.25) is 4.99 Å². The quantitative estimate of drug-likeness (QED) is 0.419. The van der Waals surface area contributed by atoms with Gasteiger partial charge in [-0.1, -0.05) is 38.5 Å². The molecule has 0 atom stereocenters. The van der Waals surface area contributed by atoms with Crippen molar-refractivity contribution in [2.75, 3.05) is 20.2 Å². The van der Waals surface area contributed by atoms with Crippen LogP contribution in [0.4, 0.5) is 0 Å². The largest absolute Gasteiger partial charge is 0.494 e. The van der Waals surface area contributed by atoms with Crippen LogP contribution in [-0.2, 0) is 12.0 Å². The van der Waals surface area contributed by atoms with Crippen LogP contribution in [0.3, 0.4) is 0 Å². The third-order valence-electron chi connectivity index (χ3n) is 4.08. The molecule has 27 heavy (non-hydrogen) atoms. The fourth-order valence-corrected chi connectivity index (χ4v) is 2.38. The Morgan fingerprint density at radius 3 is 2.52 bits per heavy atom. The fourth-order valence-electron chi connectivity index (χ4n) is 2.38. The minimum Gasteiger partial charge on any atom is -0.494 e. The van der Waals surface area contributed by atoms with Crippen molar-refractivity contribution >= 4 is 5.96 Å². The first-order valence-electron chi connectivity index (χ1n) is 9.47. The van der Waals surface area contributed by atoms with Gasteiger partial charge in [0.1, 0.15) is 11.5 Å². The zero-order chi connectivity index (χ0) is 19.7. The van der Waals surface area contributed by atoms with Crippen molar-refractivity contribution in [1.82, 2.24) is 15.6 Å². The number of unbranched alkanes of at least 4 members (excludes halogenated alkanes) is 1. The van der Waals surface area contributed by atoms with Crippen molar-refractivity contribution < 1.29 is 9.15 Å². The molecule has 1 aromatic heterocycles. The van der Waals surface area contributed by atoms with Gasteiger partial charge in [-0.15, -0.1) is 0 Å². The number of aliphatic imine (C=N–C) groups is 1. The van der Waals surface area contributed by atoms with Gasteiger partial charge in [0.05, 0.1) is 19.3 Å². The average Bonchev–Trinajstić information content (AvgIpc) is 3.11. The van der Waals surface area contributed by atoms with E-state index in [0.29, 0.717) is 19.0 Å². The molecule has 148 valence electrons. The molecule has 6 heteroatoms. The number of rotatable bonds is 8. The predicted molar refractivity (Wildman–Crippen MR) is 109 cm³/mol. The Balaban J connectivity index is 1.61. The van der Waals surface area contributed by atoms with Gasteiger partial charge in [-0.25, -0.2) is 4.98 Å². The summed E-state index contributed by atoms with van der Waals surface area (Å²) in [5.41, 5.74) is 1.20. The third kappa shape index (κ3) is 7.33. The van der Waals surface area contributed by atoms with Crippen LogP contribution in [0, 0.1) is 6.92 Å². The summed E-state index contributed by atoms with van der Waals surface area (Å²) < 4.78 is 11.5. The molecule has 0 unspecified atom stereocenters. The molecule has 2 rings (SSSR count). The summed E-state index contributed by atoms with van der Waals surface area (Å²) in [5, 5.41) is 6.52. The van der Waals surface area contributed by atoms with Crippen molar-refractivity contribution in [2.24, 2.45) is 4.99 Å². The Morgan fingerprint density at radius 1 is 1.15 bits per heavy atom. The summed E-state index contributed by atoms with van der Waals surface area (Å²) in [6, 6.07) is 8.13. The molecular formula is C21H32N4O2. The van der Waals surface area contributed by atoms with Crippen LogP contribution in [-0.4, -0.2) is 31.1 Å². The van der Waals surface area contributed by atoms with E-state index in [1.54, 1.807) is 13.2 Å². The van der Waals surface area contributed by atoms with E-state index < -0.39 is 0 Å². The van der Waals surface area contributed by atoms with E-state index in [9.17, 15) is 0 Å². The lowest BCUT2D eigenvalue weighted by Gasteiger charge is -2.13. The molecule has 6 nitrogen and oxygen atoms in total. The molecule has 2 N–H and O–H groups in total. The molecule has 0 amide bonds. The maximum atomic E-state index is 5.78. The van der Waals surface area contributed by atoms with Gasteiger partial charge >= 0.3 is 0 Å². The number of nitrogens with zero attached hydrogens (tertiary/aromatic N) is 2. The summed E-state index contributed by atoms with van der Waals surface area (Å²) in [5.74, 6) is 3.21. The van der Waals surface area contributed by atoms with E-state index in [4.69, 9.17) is 9.15 Å². The number of hydrogen-bond acceptors (Lipinski definition) is 4. The second-order valence-electron chi connectivity index (χ2n) is 7.59. The number of aromatic nitrogens is 1. The molecule has 0 aliphatic carbocycles. The average molecular weight is 373 g/mol. The van der Waals surface area contributed by atoms with Crippen LogP contribution in [0.15, 0.2) is 39.9 Å². The van der Waals surface area contributed by atoms with Crippen molar-refractivity contribution in [3.8, 4) is 5.75 Å². The number of guanidine groups is 1. The fraction of sp³-hybridized carbons (Fsp3) is 0.524. The second-order valence-corrected chi connectivity index (χ2v) is 7.59. The first-order valence-corrected chi connectivity index (χ1v) is 9.47. The molecule has 0 saturated carbocycles. The third-order valence-corrected chi connectivity index (χ3v) is 4.08. The maximum Gasteiger partial charge on any atom is 0.213 e. The molecular weight excluding hydrogens is 340 g/mol. The summed E-state index contributed by atoms with van der Waals surface area (Å²) in [7, 11) is 1.76. The molecule has 0 fully saturated rings. The maximum absolute atomic E-state index is 5.78.